The Morgan fingerprint density at radius 2 is 1.89 bits per heavy atom. The average Bonchev–Trinajstić information content (AvgIpc) is 3.11. The molecule has 0 fully saturated rings. The van der Waals surface area contributed by atoms with Crippen molar-refractivity contribution in [2.24, 2.45) is 0 Å². The lowest BCUT2D eigenvalue weighted by Gasteiger charge is -2.15. The van der Waals surface area contributed by atoms with E-state index in [-0.39, 0.29) is 16.2 Å². The Morgan fingerprint density at radius 3 is 2.64 bits per heavy atom. The molecule has 0 atom stereocenters. The van der Waals surface area contributed by atoms with Gasteiger partial charge in [-0.2, -0.15) is 0 Å². The monoisotopic (exact) mass is 396 g/mol. The first-order chi connectivity index (χ1) is 13.5. The maximum Gasteiger partial charge on any atom is 0.268 e. The van der Waals surface area contributed by atoms with Crippen molar-refractivity contribution < 1.29 is 17.5 Å². The van der Waals surface area contributed by atoms with Crippen molar-refractivity contribution in [3.8, 4) is 11.3 Å². The van der Waals surface area contributed by atoms with Crippen LogP contribution >= 0.6 is 0 Å². The van der Waals surface area contributed by atoms with E-state index in [0.29, 0.717) is 18.8 Å². The topological polar surface area (TPSA) is 48.3 Å². The molecule has 28 heavy (non-hydrogen) atoms. The summed E-state index contributed by atoms with van der Waals surface area (Å²) in [6.45, 7) is 4.96. The second kappa shape index (κ2) is 7.37. The smallest absolute Gasteiger partial charge is 0.268 e. The Bertz CT molecular complexity index is 1160. The predicted molar refractivity (Wildman–Crippen MR) is 107 cm³/mol. The number of ether oxygens (including phenoxy) is 1. The van der Waals surface area contributed by atoms with Crippen LogP contribution in [0.1, 0.15) is 17.5 Å². The molecule has 0 aliphatic carbocycles. The second-order valence-electron chi connectivity index (χ2n) is 6.60. The van der Waals surface area contributed by atoms with Gasteiger partial charge in [-0.15, -0.1) is 0 Å². The van der Waals surface area contributed by atoms with Gasteiger partial charge in [0.25, 0.3) is 10.0 Å². The third kappa shape index (κ3) is 3.41. The molecule has 2 aromatic carbocycles. The van der Waals surface area contributed by atoms with Crippen LogP contribution in [0.25, 0.3) is 16.8 Å². The highest BCUT2D eigenvalue weighted by Crippen LogP contribution is 2.30. The van der Waals surface area contributed by atoms with Crippen LogP contribution < -0.4 is 0 Å². The molecule has 0 N–H and O–H groups in total. The molecule has 2 heterocycles. The molecule has 3 aromatic rings. The molecule has 0 spiro atoms. The molecule has 1 aromatic heterocycles. The van der Waals surface area contributed by atoms with E-state index in [4.69, 9.17) is 4.74 Å². The summed E-state index contributed by atoms with van der Waals surface area (Å²) in [5, 5.41) is 0. The minimum absolute atomic E-state index is 0.144. The number of rotatable bonds is 4. The summed E-state index contributed by atoms with van der Waals surface area (Å²) in [6, 6.07) is 14.5. The van der Waals surface area contributed by atoms with Crippen molar-refractivity contribution in [3.63, 3.8) is 0 Å². The number of aromatic nitrogens is 1. The number of benzene rings is 2. The van der Waals surface area contributed by atoms with Crippen LogP contribution in [-0.4, -0.2) is 25.6 Å². The molecular weight excluding hydrogens is 377 g/mol. The fraction of sp³-hybridized carbons (Fsp3) is 0.136. The van der Waals surface area contributed by atoms with Gasteiger partial charge >= 0.3 is 0 Å². The largest absolute Gasteiger partial charge is 0.377 e. The summed E-state index contributed by atoms with van der Waals surface area (Å²) >= 11 is 0. The van der Waals surface area contributed by atoms with Gasteiger partial charge in [0.05, 0.1) is 23.8 Å². The quantitative estimate of drug-likeness (QED) is 0.652. The van der Waals surface area contributed by atoms with Crippen LogP contribution in [0.2, 0.25) is 0 Å². The maximum absolute atomic E-state index is 14.3. The van der Waals surface area contributed by atoms with E-state index < -0.39 is 15.8 Å². The van der Waals surface area contributed by atoms with Crippen molar-refractivity contribution in [2.75, 3.05) is 13.2 Å². The molecular formula is C22H19FNO3S. The highest BCUT2D eigenvalue weighted by atomic mass is 32.2. The number of hydrogen-bond acceptors (Lipinski definition) is 3. The molecule has 4 rings (SSSR count). The Morgan fingerprint density at radius 1 is 1.07 bits per heavy atom. The van der Waals surface area contributed by atoms with Gasteiger partial charge in [0.15, 0.2) is 0 Å². The fourth-order valence-corrected chi connectivity index (χ4v) is 4.76. The molecule has 6 heteroatoms. The van der Waals surface area contributed by atoms with Crippen molar-refractivity contribution in [2.45, 2.75) is 11.3 Å². The highest BCUT2D eigenvalue weighted by molar-refractivity contribution is 7.90. The summed E-state index contributed by atoms with van der Waals surface area (Å²) in [4.78, 5) is 0.144. The van der Waals surface area contributed by atoms with Crippen molar-refractivity contribution >= 4 is 15.6 Å². The van der Waals surface area contributed by atoms with E-state index in [0.717, 1.165) is 21.5 Å². The predicted octanol–water partition coefficient (Wildman–Crippen LogP) is 4.52. The van der Waals surface area contributed by atoms with Gasteiger partial charge in [0.2, 0.25) is 0 Å². The van der Waals surface area contributed by atoms with Crippen LogP contribution in [-0.2, 0) is 14.8 Å². The van der Waals surface area contributed by atoms with Crippen molar-refractivity contribution in [1.82, 2.24) is 3.97 Å². The van der Waals surface area contributed by atoms with Crippen LogP contribution in [0.5, 0.6) is 0 Å². The molecule has 1 aliphatic heterocycles. The zero-order chi connectivity index (χ0) is 19.7. The van der Waals surface area contributed by atoms with E-state index in [1.165, 1.54) is 12.3 Å². The molecule has 0 saturated heterocycles. The summed E-state index contributed by atoms with van der Waals surface area (Å²) < 4.78 is 47.5. The Labute approximate surface area is 163 Å². The van der Waals surface area contributed by atoms with E-state index in [2.05, 4.69) is 6.92 Å². The molecule has 1 radical (unpaired) electrons. The van der Waals surface area contributed by atoms with Gasteiger partial charge in [-0.25, -0.2) is 16.8 Å². The molecule has 4 nitrogen and oxygen atoms in total. The molecule has 143 valence electrons. The van der Waals surface area contributed by atoms with Gasteiger partial charge in [0.1, 0.15) is 5.82 Å². The number of nitrogens with zero attached hydrogens (tertiary/aromatic N) is 1. The van der Waals surface area contributed by atoms with Gasteiger partial charge in [-0.05, 0) is 60.4 Å². The molecule has 0 amide bonds. The second-order valence-corrected chi connectivity index (χ2v) is 8.41. The Hall–Kier alpha value is -2.70. The van der Waals surface area contributed by atoms with Gasteiger partial charge in [-0.3, -0.25) is 0 Å². The van der Waals surface area contributed by atoms with Crippen molar-refractivity contribution in [3.05, 3.63) is 90.7 Å². The summed E-state index contributed by atoms with van der Waals surface area (Å²) in [7, 11) is -3.92. The summed E-state index contributed by atoms with van der Waals surface area (Å²) in [5.41, 5.74) is 2.86. The third-order valence-electron chi connectivity index (χ3n) is 4.72. The zero-order valence-electron chi connectivity index (χ0n) is 15.1. The lowest BCUT2D eigenvalue weighted by atomic mass is 10.0. The first-order valence-corrected chi connectivity index (χ1v) is 10.3. The standard InChI is InChI=1S/C22H19FNO3S/c1-16-13-22(20-7-2-3-8-21(20)23)24(15-16)28(25,26)19-6-4-5-18(14-19)17-9-11-27-12-10-17/h2-9,13-15H,1,10-12H2. The summed E-state index contributed by atoms with van der Waals surface area (Å²) in [5.74, 6) is -0.488. The zero-order valence-corrected chi connectivity index (χ0v) is 16.0. The highest BCUT2D eigenvalue weighted by Gasteiger charge is 2.23. The minimum atomic E-state index is -3.92. The van der Waals surface area contributed by atoms with E-state index >= 15 is 0 Å². The van der Waals surface area contributed by atoms with Crippen LogP contribution in [0, 0.1) is 12.7 Å². The maximum atomic E-state index is 14.3. The fourth-order valence-electron chi connectivity index (χ4n) is 3.32. The number of halogens is 1. The van der Waals surface area contributed by atoms with Crippen LogP contribution in [0.15, 0.2) is 71.8 Å². The SMILES string of the molecule is [CH2]c1cc(-c2ccccc2F)n(S(=O)(=O)c2cccc(C3=CCOCC3)c2)c1. The molecule has 0 bridgehead atoms. The van der Waals surface area contributed by atoms with Gasteiger partial charge in [0, 0.05) is 11.8 Å². The molecule has 0 saturated carbocycles. The Kier molecular flexibility index (Phi) is 4.91. The minimum Gasteiger partial charge on any atom is -0.377 e. The first kappa shape index (κ1) is 18.7. The van der Waals surface area contributed by atoms with Crippen LogP contribution in [0.4, 0.5) is 4.39 Å². The first-order valence-electron chi connectivity index (χ1n) is 8.89. The normalized spacial score (nSPS) is 14.7. The van der Waals surface area contributed by atoms with E-state index in [1.807, 2.05) is 12.1 Å². The van der Waals surface area contributed by atoms with E-state index in [9.17, 15) is 12.8 Å². The lowest BCUT2D eigenvalue weighted by Crippen LogP contribution is -2.14. The van der Waals surface area contributed by atoms with Gasteiger partial charge in [-0.1, -0.05) is 30.3 Å². The van der Waals surface area contributed by atoms with Crippen molar-refractivity contribution in [1.29, 1.82) is 0 Å². The molecule has 1 aliphatic rings. The third-order valence-corrected chi connectivity index (χ3v) is 6.39. The van der Waals surface area contributed by atoms with Gasteiger partial charge < -0.3 is 4.74 Å². The summed E-state index contributed by atoms with van der Waals surface area (Å²) in [6.07, 6.45) is 4.11. The lowest BCUT2D eigenvalue weighted by molar-refractivity contribution is 0.161. The van der Waals surface area contributed by atoms with Crippen LogP contribution in [0.3, 0.4) is 0 Å². The Balaban J connectivity index is 1.82. The average molecular weight is 396 g/mol. The van der Waals surface area contributed by atoms with E-state index in [1.54, 1.807) is 42.5 Å². The number of hydrogen-bond donors (Lipinski definition) is 0. The molecule has 0 unspecified atom stereocenters.